The van der Waals surface area contributed by atoms with E-state index in [0.717, 1.165) is 30.1 Å². The average Bonchev–Trinajstić information content (AvgIpc) is 3.06. The number of amidine groups is 1. The maximum Gasteiger partial charge on any atom is 0.324 e. The molecule has 0 radical (unpaired) electrons. The molecule has 0 unspecified atom stereocenters. The molecule has 0 bridgehead atoms. The molecule has 2 aliphatic rings. The summed E-state index contributed by atoms with van der Waals surface area (Å²) in [5.41, 5.74) is 7.92. The van der Waals surface area contributed by atoms with Crippen LogP contribution in [-0.2, 0) is 4.84 Å². The van der Waals surface area contributed by atoms with Gasteiger partial charge in [0.2, 0.25) is 0 Å². The van der Waals surface area contributed by atoms with Gasteiger partial charge in [-0.05, 0) is 30.7 Å². The fourth-order valence-electron chi connectivity index (χ4n) is 3.25. The topological polar surface area (TPSA) is 74.4 Å². The zero-order valence-electron chi connectivity index (χ0n) is 13.8. The lowest BCUT2D eigenvalue weighted by atomic mass is 10.1. The second kappa shape index (κ2) is 6.08. The molecular formula is C16H23N5O2. The molecule has 2 fully saturated rings. The molecule has 0 saturated carbocycles. The Morgan fingerprint density at radius 2 is 2.04 bits per heavy atom. The van der Waals surface area contributed by atoms with E-state index < -0.39 is 0 Å². The fourth-order valence-corrected chi connectivity index (χ4v) is 3.25. The first kappa shape index (κ1) is 15.6. The largest absolute Gasteiger partial charge is 0.397 e. The van der Waals surface area contributed by atoms with Gasteiger partial charge in [-0.25, -0.2) is 4.79 Å². The highest BCUT2D eigenvalue weighted by atomic mass is 16.6. The Morgan fingerprint density at radius 1 is 1.35 bits per heavy atom. The molecule has 2 N–H and O–H groups in total. The van der Waals surface area contributed by atoms with E-state index in [2.05, 4.69) is 5.16 Å². The molecule has 2 heterocycles. The van der Waals surface area contributed by atoms with Gasteiger partial charge < -0.3 is 20.4 Å². The maximum absolute atomic E-state index is 12.5. The van der Waals surface area contributed by atoms with Crippen LogP contribution in [0.15, 0.2) is 29.4 Å². The molecule has 2 amide bonds. The van der Waals surface area contributed by atoms with Crippen LogP contribution in [0.25, 0.3) is 0 Å². The summed E-state index contributed by atoms with van der Waals surface area (Å²) in [6.45, 7) is 1.41. The Kier molecular flexibility index (Phi) is 4.12. The third-order valence-corrected chi connectivity index (χ3v) is 4.48. The molecule has 3 rings (SSSR count). The van der Waals surface area contributed by atoms with Crippen LogP contribution < -0.4 is 10.6 Å². The molecule has 1 aromatic carbocycles. The van der Waals surface area contributed by atoms with Crippen LogP contribution in [-0.4, -0.2) is 68.0 Å². The molecule has 0 aliphatic carbocycles. The van der Waals surface area contributed by atoms with Crippen molar-refractivity contribution in [1.29, 1.82) is 0 Å². The predicted molar refractivity (Wildman–Crippen MR) is 89.5 cm³/mol. The summed E-state index contributed by atoms with van der Waals surface area (Å²) in [6.07, 6.45) is 0.892. The zero-order chi connectivity index (χ0) is 16.6. The summed E-state index contributed by atoms with van der Waals surface area (Å²) in [6, 6.07) is 8.04. The third-order valence-electron chi connectivity index (χ3n) is 4.48. The van der Waals surface area contributed by atoms with Crippen molar-refractivity contribution in [3.63, 3.8) is 0 Å². The number of hydrogen-bond acceptors (Lipinski definition) is 4. The van der Waals surface area contributed by atoms with Gasteiger partial charge in [-0.1, -0.05) is 5.16 Å². The summed E-state index contributed by atoms with van der Waals surface area (Å²) >= 11 is 0. The van der Waals surface area contributed by atoms with Gasteiger partial charge >= 0.3 is 6.03 Å². The molecule has 2 saturated heterocycles. The summed E-state index contributed by atoms with van der Waals surface area (Å²) in [5, 5.41) is 4.03. The summed E-state index contributed by atoms with van der Waals surface area (Å²) in [5.74, 6) is 0.731. The molecular weight excluding hydrogens is 294 g/mol. The summed E-state index contributed by atoms with van der Waals surface area (Å²) in [7, 11) is 5.34. The lowest BCUT2D eigenvalue weighted by molar-refractivity contribution is 0.209. The number of carbonyl (C=O) groups excluding carboxylic acids is 1. The summed E-state index contributed by atoms with van der Waals surface area (Å²) in [4.78, 5) is 23.0. The Morgan fingerprint density at radius 3 is 2.61 bits per heavy atom. The van der Waals surface area contributed by atoms with Crippen molar-refractivity contribution in [2.45, 2.75) is 18.5 Å². The number of nitrogens with zero attached hydrogens (tertiary/aromatic N) is 4. The minimum absolute atomic E-state index is 0.0501. The van der Waals surface area contributed by atoms with Crippen molar-refractivity contribution < 1.29 is 9.63 Å². The number of oxime groups is 1. The molecule has 0 spiro atoms. The predicted octanol–water partition coefficient (Wildman–Crippen LogP) is 0.898. The van der Waals surface area contributed by atoms with E-state index in [1.165, 1.54) is 7.11 Å². The van der Waals surface area contributed by atoms with Gasteiger partial charge in [0.25, 0.3) is 0 Å². The fraction of sp³-hybridized carbons (Fsp3) is 0.500. The second-order valence-corrected chi connectivity index (χ2v) is 6.15. The molecule has 2 aliphatic heterocycles. The molecule has 7 nitrogen and oxygen atoms in total. The normalized spacial score (nSPS) is 24.2. The number of rotatable bonds is 3. The van der Waals surface area contributed by atoms with Gasteiger partial charge in [0.15, 0.2) is 5.84 Å². The first-order valence-electron chi connectivity index (χ1n) is 7.75. The van der Waals surface area contributed by atoms with Gasteiger partial charge in [0.1, 0.15) is 7.11 Å². The van der Waals surface area contributed by atoms with E-state index >= 15 is 0 Å². The molecule has 23 heavy (non-hydrogen) atoms. The van der Waals surface area contributed by atoms with Crippen LogP contribution in [0.1, 0.15) is 12.0 Å². The molecule has 0 aromatic heterocycles. The number of carbonyl (C=O) groups is 1. The number of anilines is 1. The first-order valence-corrected chi connectivity index (χ1v) is 7.75. The lowest BCUT2D eigenvalue weighted by Crippen LogP contribution is -2.37. The highest BCUT2D eigenvalue weighted by Gasteiger charge is 2.44. The maximum atomic E-state index is 12.5. The van der Waals surface area contributed by atoms with Gasteiger partial charge in [-0.3, -0.25) is 4.90 Å². The number of nitrogens with two attached hydrogens (primary N) is 1. The minimum atomic E-state index is 0.0501. The van der Waals surface area contributed by atoms with E-state index in [1.807, 2.05) is 48.2 Å². The average molecular weight is 317 g/mol. The minimum Gasteiger partial charge on any atom is -0.397 e. The Labute approximate surface area is 136 Å². The number of benzene rings is 1. The van der Waals surface area contributed by atoms with Gasteiger partial charge in [-0.15, -0.1) is 0 Å². The van der Waals surface area contributed by atoms with Crippen LogP contribution in [0.4, 0.5) is 10.5 Å². The standard InChI is InChI=1S/C16H23N5O2/c1-19(2)15(18-23-3)11-4-6-12(7-5-11)21-10-14-13(17)8-9-20(14)16(21)22/h4-7,13-14H,8-10,17H2,1-3H3/t13-,14-/m1/s1. The van der Waals surface area contributed by atoms with E-state index in [4.69, 9.17) is 10.6 Å². The van der Waals surface area contributed by atoms with Crippen LogP contribution >= 0.6 is 0 Å². The smallest absolute Gasteiger partial charge is 0.324 e. The van der Waals surface area contributed by atoms with E-state index in [9.17, 15) is 4.79 Å². The Hall–Kier alpha value is -2.28. The Bertz CT molecular complexity index is 613. The number of fused-ring (bicyclic) bond motifs is 1. The first-order chi connectivity index (χ1) is 11.0. The van der Waals surface area contributed by atoms with Crippen molar-refractivity contribution in [1.82, 2.24) is 9.80 Å². The van der Waals surface area contributed by atoms with Crippen LogP contribution in [0.3, 0.4) is 0 Å². The number of urea groups is 1. The molecule has 7 heteroatoms. The lowest BCUT2D eigenvalue weighted by Gasteiger charge is -2.19. The van der Waals surface area contributed by atoms with Crippen LogP contribution in [0.5, 0.6) is 0 Å². The third kappa shape index (κ3) is 2.72. The van der Waals surface area contributed by atoms with Crippen molar-refractivity contribution in [3.05, 3.63) is 29.8 Å². The van der Waals surface area contributed by atoms with Crippen LogP contribution in [0.2, 0.25) is 0 Å². The second-order valence-electron chi connectivity index (χ2n) is 6.15. The van der Waals surface area contributed by atoms with Gasteiger partial charge in [0, 0.05) is 44.5 Å². The van der Waals surface area contributed by atoms with Crippen molar-refractivity contribution in [2.24, 2.45) is 10.9 Å². The monoisotopic (exact) mass is 317 g/mol. The number of amides is 2. The zero-order valence-corrected chi connectivity index (χ0v) is 13.8. The van der Waals surface area contributed by atoms with E-state index in [1.54, 1.807) is 4.90 Å². The van der Waals surface area contributed by atoms with E-state index in [0.29, 0.717) is 6.54 Å². The van der Waals surface area contributed by atoms with E-state index in [-0.39, 0.29) is 18.1 Å². The quantitative estimate of drug-likeness (QED) is 0.510. The van der Waals surface area contributed by atoms with Crippen molar-refractivity contribution in [2.75, 3.05) is 39.2 Å². The van der Waals surface area contributed by atoms with Gasteiger partial charge in [0.05, 0.1) is 6.04 Å². The summed E-state index contributed by atoms with van der Waals surface area (Å²) < 4.78 is 0. The molecule has 1 aromatic rings. The Balaban J connectivity index is 1.81. The highest BCUT2D eigenvalue weighted by Crippen LogP contribution is 2.29. The van der Waals surface area contributed by atoms with Crippen molar-refractivity contribution >= 4 is 17.6 Å². The SMILES string of the molecule is CON=C(c1ccc(N2C[C@@H]3[C@H](N)CCN3C2=O)cc1)N(C)C. The van der Waals surface area contributed by atoms with Gasteiger partial charge in [-0.2, -0.15) is 0 Å². The van der Waals surface area contributed by atoms with Crippen LogP contribution in [0, 0.1) is 0 Å². The molecule has 2 atom stereocenters. The number of hydrogen-bond donors (Lipinski definition) is 1. The van der Waals surface area contributed by atoms with Crippen molar-refractivity contribution in [3.8, 4) is 0 Å². The molecule has 124 valence electrons. The highest BCUT2D eigenvalue weighted by molar-refractivity contribution is 5.99.